The molecule has 0 bridgehead atoms. The molecule has 1 aromatic heterocycles. The minimum atomic E-state index is -1.04. The van der Waals surface area contributed by atoms with E-state index in [9.17, 15) is 0 Å². The fourth-order valence-electron chi connectivity index (χ4n) is 2.13. The lowest BCUT2D eigenvalue weighted by atomic mass is 10.1. The molecule has 0 saturated carbocycles. The Morgan fingerprint density at radius 1 is 1.24 bits per heavy atom. The van der Waals surface area contributed by atoms with Crippen LogP contribution < -0.4 is 0 Å². The first kappa shape index (κ1) is 14.6. The van der Waals surface area contributed by atoms with Crippen molar-refractivity contribution in [1.82, 2.24) is 4.98 Å². The molecule has 0 N–H and O–H groups in total. The minimum Gasteiger partial charge on any atom is -0.258 e. The molecular formula is C14H26NSi2. The Kier molecular flexibility index (Phi) is 5.13. The lowest BCUT2D eigenvalue weighted by Gasteiger charge is -2.17. The van der Waals surface area contributed by atoms with Gasteiger partial charge < -0.3 is 0 Å². The van der Waals surface area contributed by atoms with Crippen LogP contribution in [0.5, 0.6) is 0 Å². The lowest BCUT2D eigenvalue weighted by Crippen LogP contribution is -2.24. The molecule has 0 saturated heterocycles. The third-order valence-corrected chi connectivity index (χ3v) is 5.61. The van der Waals surface area contributed by atoms with Gasteiger partial charge in [0, 0.05) is 20.2 Å². The average Bonchev–Trinajstić information content (AvgIpc) is 2.14. The maximum Gasteiger partial charge on any atom is 0.0506 e. The van der Waals surface area contributed by atoms with E-state index < -0.39 is 8.07 Å². The van der Waals surface area contributed by atoms with Crippen molar-refractivity contribution in [3.05, 3.63) is 29.6 Å². The van der Waals surface area contributed by atoms with Gasteiger partial charge in [0.05, 0.1) is 8.07 Å². The van der Waals surface area contributed by atoms with E-state index in [2.05, 4.69) is 57.9 Å². The second-order valence-electron chi connectivity index (χ2n) is 6.60. The van der Waals surface area contributed by atoms with Crippen LogP contribution in [0.4, 0.5) is 0 Å². The number of nitrogens with zero attached hydrogens (tertiary/aromatic N) is 1. The summed E-state index contributed by atoms with van der Waals surface area (Å²) >= 11 is 0. The summed E-state index contributed by atoms with van der Waals surface area (Å²) in [6, 6.07) is 9.10. The molecule has 1 unspecified atom stereocenters. The standard InChI is InChI=1S/C14H26NSi2/c1-12(10-16(2)3)14-9-7-8-13(15-14)11-17(4,5)6/h7-9,12H,10-11H2,1-6H3. The van der Waals surface area contributed by atoms with Gasteiger partial charge in [-0.3, -0.25) is 4.98 Å². The molecule has 0 spiro atoms. The van der Waals surface area contributed by atoms with Crippen LogP contribution in [0.25, 0.3) is 0 Å². The van der Waals surface area contributed by atoms with E-state index in [4.69, 9.17) is 4.98 Å². The van der Waals surface area contributed by atoms with Gasteiger partial charge in [-0.25, -0.2) is 0 Å². The zero-order valence-electron chi connectivity index (χ0n) is 12.2. The molecular weight excluding hydrogens is 238 g/mol. The Balaban J connectivity index is 2.78. The number of pyridine rings is 1. The molecule has 0 aliphatic carbocycles. The molecule has 1 heterocycles. The van der Waals surface area contributed by atoms with Crippen molar-refractivity contribution in [2.75, 3.05) is 0 Å². The van der Waals surface area contributed by atoms with Crippen molar-refractivity contribution < 1.29 is 0 Å². The van der Waals surface area contributed by atoms with Gasteiger partial charge in [0.1, 0.15) is 0 Å². The highest BCUT2D eigenvalue weighted by Crippen LogP contribution is 2.20. The van der Waals surface area contributed by atoms with Gasteiger partial charge in [-0.1, -0.05) is 51.8 Å². The van der Waals surface area contributed by atoms with Crippen LogP contribution in [0.1, 0.15) is 24.2 Å². The van der Waals surface area contributed by atoms with E-state index in [1.54, 1.807) is 0 Å². The van der Waals surface area contributed by atoms with E-state index in [1.165, 1.54) is 23.5 Å². The zero-order valence-corrected chi connectivity index (χ0v) is 14.2. The summed E-state index contributed by atoms with van der Waals surface area (Å²) in [6.45, 7) is 14.3. The molecule has 0 aromatic carbocycles. The summed E-state index contributed by atoms with van der Waals surface area (Å²) in [5.41, 5.74) is 2.60. The summed E-state index contributed by atoms with van der Waals surface area (Å²) in [4.78, 5) is 4.86. The molecule has 0 aliphatic rings. The number of hydrogen-bond donors (Lipinski definition) is 0. The van der Waals surface area contributed by atoms with Gasteiger partial charge in [-0.05, 0) is 24.1 Å². The Hall–Kier alpha value is -0.416. The molecule has 3 heteroatoms. The van der Waals surface area contributed by atoms with Crippen LogP contribution in [0.2, 0.25) is 38.8 Å². The predicted molar refractivity (Wildman–Crippen MR) is 82.0 cm³/mol. The third-order valence-electron chi connectivity index (χ3n) is 2.76. The molecule has 1 radical (unpaired) electrons. The van der Waals surface area contributed by atoms with Crippen LogP contribution in [-0.2, 0) is 6.04 Å². The Morgan fingerprint density at radius 3 is 2.41 bits per heavy atom. The first-order chi connectivity index (χ1) is 7.78. The number of rotatable bonds is 5. The normalized spacial score (nSPS) is 14.1. The minimum absolute atomic E-state index is 0.159. The van der Waals surface area contributed by atoms with E-state index in [0.29, 0.717) is 5.92 Å². The van der Waals surface area contributed by atoms with Crippen LogP contribution in [-0.4, -0.2) is 21.9 Å². The van der Waals surface area contributed by atoms with E-state index in [-0.39, 0.29) is 8.80 Å². The topological polar surface area (TPSA) is 12.9 Å². The fourth-order valence-corrected chi connectivity index (χ4v) is 4.85. The quantitative estimate of drug-likeness (QED) is 0.720. The number of aromatic nitrogens is 1. The number of hydrogen-bond acceptors (Lipinski definition) is 1. The molecule has 0 fully saturated rings. The molecule has 0 aliphatic heterocycles. The molecule has 1 nitrogen and oxygen atoms in total. The lowest BCUT2D eigenvalue weighted by molar-refractivity contribution is 0.803. The van der Waals surface area contributed by atoms with Crippen molar-refractivity contribution in [1.29, 1.82) is 0 Å². The fraction of sp³-hybridized carbons (Fsp3) is 0.643. The van der Waals surface area contributed by atoms with Crippen molar-refractivity contribution in [3.8, 4) is 0 Å². The first-order valence-electron chi connectivity index (χ1n) is 6.53. The second kappa shape index (κ2) is 5.96. The smallest absolute Gasteiger partial charge is 0.0506 e. The Labute approximate surface area is 109 Å². The van der Waals surface area contributed by atoms with Gasteiger partial charge >= 0.3 is 0 Å². The van der Waals surface area contributed by atoms with Gasteiger partial charge in [-0.15, -0.1) is 0 Å². The largest absolute Gasteiger partial charge is 0.258 e. The van der Waals surface area contributed by atoms with Crippen LogP contribution in [0.15, 0.2) is 18.2 Å². The second-order valence-corrected chi connectivity index (χ2v) is 14.9. The Bertz CT molecular complexity index is 355. The summed E-state index contributed by atoms with van der Waals surface area (Å²) < 4.78 is 0. The van der Waals surface area contributed by atoms with Crippen molar-refractivity contribution in [2.24, 2.45) is 0 Å². The summed E-state index contributed by atoms with van der Waals surface area (Å²) in [7, 11) is -1.20. The zero-order chi connectivity index (χ0) is 13.1. The molecule has 1 rings (SSSR count). The highest BCUT2D eigenvalue weighted by Gasteiger charge is 2.16. The van der Waals surface area contributed by atoms with E-state index in [1.807, 2.05) is 0 Å². The van der Waals surface area contributed by atoms with Gasteiger partial charge in [0.15, 0.2) is 0 Å². The van der Waals surface area contributed by atoms with Gasteiger partial charge in [-0.2, -0.15) is 0 Å². The maximum atomic E-state index is 4.86. The summed E-state index contributed by atoms with van der Waals surface area (Å²) in [5, 5.41) is 0. The van der Waals surface area contributed by atoms with Crippen molar-refractivity contribution in [2.45, 2.75) is 57.7 Å². The maximum absolute atomic E-state index is 4.86. The highest BCUT2D eigenvalue weighted by molar-refractivity contribution is 6.75. The van der Waals surface area contributed by atoms with Crippen molar-refractivity contribution >= 4 is 16.9 Å². The van der Waals surface area contributed by atoms with Gasteiger partial charge in [0.25, 0.3) is 0 Å². The monoisotopic (exact) mass is 264 g/mol. The molecule has 1 aromatic rings. The third kappa shape index (κ3) is 5.64. The summed E-state index contributed by atoms with van der Waals surface area (Å²) in [6.07, 6.45) is 0. The molecule has 17 heavy (non-hydrogen) atoms. The highest BCUT2D eigenvalue weighted by atomic mass is 28.3. The van der Waals surface area contributed by atoms with Crippen LogP contribution >= 0.6 is 0 Å². The van der Waals surface area contributed by atoms with Gasteiger partial charge in [0.2, 0.25) is 0 Å². The van der Waals surface area contributed by atoms with Crippen LogP contribution in [0, 0.1) is 0 Å². The average molecular weight is 265 g/mol. The van der Waals surface area contributed by atoms with E-state index in [0.717, 1.165) is 0 Å². The van der Waals surface area contributed by atoms with Crippen molar-refractivity contribution in [3.63, 3.8) is 0 Å². The SMILES string of the molecule is CC(C[Si](C)C)c1cccc(C[Si](C)(C)C)n1. The molecule has 95 valence electrons. The summed E-state index contributed by atoms with van der Waals surface area (Å²) in [5.74, 6) is 0.625. The van der Waals surface area contributed by atoms with Crippen LogP contribution in [0.3, 0.4) is 0 Å². The molecule has 0 amide bonds. The first-order valence-corrected chi connectivity index (χ1v) is 12.9. The Morgan fingerprint density at radius 2 is 1.88 bits per heavy atom. The predicted octanol–water partition coefficient (Wildman–Crippen LogP) is 4.36. The van der Waals surface area contributed by atoms with E-state index >= 15 is 0 Å². The molecule has 1 atom stereocenters.